The number of hydrogen-bond acceptors (Lipinski definition) is 3. The number of amides is 4. The van der Waals surface area contributed by atoms with E-state index < -0.39 is 17.5 Å². The highest BCUT2D eigenvalue weighted by Crippen LogP contribution is 2.26. The van der Waals surface area contributed by atoms with Gasteiger partial charge in [0.25, 0.3) is 5.91 Å². The van der Waals surface area contributed by atoms with E-state index >= 15 is 0 Å². The van der Waals surface area contributed by atoms with Crippen LogP contribution in [0.3, 0.4) is 0 Å². The zero-order chi connectivity index (χ0) is 18.1. The van der Waals surface area contributed by atoms with Gasteiger partial charge in [0.2, 0.25) is 5.91 Å². The van der Waals surface area contributed by atoms with Crippen molar-refractivity contribution in [1.29, 1.82) is 0 Å². The molecule has 0 bridgehead atoms. The largest absolute Gasteiger partial charge is 0.351 e. The first-order chi connectivity index (χ1) is 11.1. The van der Waals surface area contributed by atoms with Crippen LogP contribution in [0.25, 0.3) is 0 Å². The molecule has 1 aliphatic heterocycles. The van der Waals surface area contributed by atoms with Crippen LogP contribution < -0.4 is 10.6 Å². The molecule has 0 saturated carbocycles. The molecule has 2 rings (SSSR count). The van der Waals surface area contributed by atoms with Gasteiger partial charge in [-0.05, 0) is 26.3 Å². The van der Waals surface area contributed by atoms with Crippen LogP contribution in [0.5, 0.6) is 0 Å². The van der Waals surface area contributed by atoms with E-state index in [1.54, 1.807) is 13.8 Å². The van der Waals surface area contributed by atoms with E-state index in [2.05, 4.69) is 10.6 Å². The van der Waals surface area contributed by atoms with Crippen molar-refractivity contribution in [2.75, 3.05) is 6.54 Å². The van der Waals surface area contributed by atoms with Gasteiger partial charge in [0.05, 0.1) is 0 Å². The maximum Gasteiger partial charge on any atom is 0.325 e. The van der Waals surface area contributed by atoms with Crippen molar-refractivity contribution in [1.82, 2.24) is 15.5 Å². The average molecular weight is 331 g/mol. The number of rotatable bonds is 5. The Labute approximate surface area is 142 Å². The minimum atomic E-state index is -0.966. The van der Waals surface area contributed by atoms with Gasteiger partial charge < -0.3 is 10.6 Å². The zero-order valence-electron chi connectivity index (χ0n) is 14.8. The maximum atomic E-state index is 12.3. The van der Waals surface area contributed by atoms with Crippen molar-refractivity contribution < 1.29 is 14.4 Å². The Kier molecular flexibility index (Phi) is 4.69. The van der Waals surface area contributed by atoms with E-state index in [4.69, 9.17) is 0 Å². The molecule has 0 aromatic heterocycles. The molecule has 6 nitrogen and oxygen atoms in total. The predicted molar refractivity (Wildman–Crippen MR) is 91.4 cm³/mol. The highest BCUT2D eigenvalue weighted by Gasteiger charge is 2.45. The van der Waals surface area contributed by atoms with Crippen molar-refractivity contribution in [2.45, 2.75) is 51.6 Å². The van der Waals surface area contributed by atoms with Crippen molar-refractivity contribution in [2.24, 2.45) is 0 Å². The number of nitrogens with zero attached hydrogens (tertiary/aromatic N) is 1. The molecule has 1 saturated heterocycles. The lowest BCUT2D eigenvalue weighted by molar-refractivity contribution is -0.134. The third-order valence-electron chi connectivity index (χ3n) is 4.72. The summed E-state index contributed by atoms with van der Waals surface area (Å²) in [7, 11) is 0. The molecule has 4 amide bonds. The Hall–Kier alpha value is -2.37. The van der Waals surface area contributed by atoms with E-state index in [0.29, 0.717) is 0 Å². The Morgan fingerprint density at radius 1 is 1.25 bits per heavy atom. The molecule has 1 atom stereocenters. The van der Waals surface area contributed by atoms with E-state index in [9.17, 15) is 14.4 Å². The summed E-state index contributed by atoms with van der Waals surface area (Å²) in [4.78, 5) is 37.3. The van der Waals surface area contributed by atoms with Crippen LogP contribution in [-0.2, 0) is 15.0 Å². The molecule has 1 heterocycles. The van der Waals surface area contributed by atoms with Gasteiger partial charge >= 0.3 is 6.03 Å². The SMILES string of the molecule is C[C@H](NC(=O)CN1C(=O)NC(C)(C)C1=O)C(C)(C)c1ccccc1. The fourth-order valence-corrected chi connectivity index (χ4v) is 2.69. The standard InChI is InChI=1S/C18H25N3O3/c1-12(17(2,3)13-9-7-6-8-10-13)19-14(22)11-21-15(23)18(4,5)20-16(21)24/h6-10,12H,11H2,1-5H3,(H,19,22)(H,20,24)/t12-/m0/s1. The van der Waals surface area contributed by atoms with Crippen LogP contribution in [0, 0.1) is 0 Å². The highest BCUT2D eigenvalue weighted by atomic mass is 16.2. The first-order valence-electron chi connectivity index (χ1n) is 8.04. The van der Waals surface area contributed by atoms with Crippen LogP contribution in [0.1, 0.15) is 40.2 Å². The second-order valence-electron chi connectivity index (χ2n) is 7.32. The van der Waals surface area contributed by atoms with Gasteiger partial charge in [-0.3, -0.25) is 14.5 Å². The molecule has 6 heteroatoms. The summed E-state index contributed by atoms with van der Waals surface area (Å²) in [6, 6.07) is 9.20. The van der Waals surface area contributed by atoms with Crippen LogP contribution in [0.15, 0.2) is 30.3 Å². The minimum absolute atomic E-state index is 0.166. The normalized spacial score (nSPS) is 18.3. The summed E-state index contributed by atoms with van der Waals surface area (Å²) in [5.41, 5.74) is -0.145. The van der Waals surface area contributed by atoms with Crippen molar-refractivity contribution in [3.8, 4) is 0 Å². The number of urea groups is 1. The van der Waals surface area contributed by atoms with Crippen LogP contribution in [0.2, 0.25) is 0 Å². The first-order valence-corrected chi connectivity index (χ1v) is 8.04. The van der Waals surface area contributed by atoms with Gasteiger partial charge in [0.1, 0.15) is 12.1 Å². The third kappa shape index (κ3) is 3.42. The van der Waals surface area contributed by atoms with Gasteiger partial charge in [-0.1, -0.05) is 44.2 Å². The Bertz CT molecular complexity index is 653. The summed E-state index contributed by atoms with van der Waals surface area (Å²) in [6.45, 7) is 8.97. The van der Waals surface area contributed by atoms with Crippen LogP contribution in [-0.4, -0.2) is 40.9 Å². The first kappa shape index (κ1) is 18.0. The summed E-state index contributed by atoms with van der Waals surface area (Å²) in [5.74, 6) is -0.745. The Morgan fingerprint density at radius 2 is 1.83 bits per heavy atom. The molecule has 24 heavy (non-hydrogen) atoms. The van der Waals surface area contributed by atoms with E-state index in [-0.39, 0.29) is 23.9 Å². The summed E-state index contributed by atoms with van der Waals surface area (Å²) in [6.07, 6.45) is 0. The van der Waals surface area contributed by atoms with Gasteiger partial charge in [-0.15, -0.1) is 0 Å². The topological polar surface area (TPSA) is 78.5 Å². The molecule has 130 valence electrons. The molecule has 0 radical (unpaired) electrons. The molecule has 0 unspecified atom stereocenters. The van der Waals surface area contributed by atoms with E-state index in [1.807, 2.05) is 51.1 Å². The summed E-state index contributed by atoms with van der Waals surface area (Å²) < 4.78 is 0. The molecule has 1 aromatic carbocycles. The highest BCUT2D eigenvalue weighted by molar-refractivity contribution is 6.08. The molecule has 0 aliphatic carbocycles. The van der Waals surface area contributed by atoms with Crippen LogP contribution >= 0.6 is 0 Å². The second-order valence-corrected chi connectivity index (χ2v) is 7.32. The molecule has 1 fully saturated rings. The number of carbonyl (C=O) groups excluding carboxylic acids is 3. The van der Waals surface area contributed by atoms with E-state index in [1.165, 1.54) is 0 Å². The number of benzene rings is 1. The third-order valence-corrected chi connectivity index (χ3v) is 4.72. The second kappa shape index (κ2) is 6.26. The smallest absolute Gasteiger partial charge is 0.325 e. The lowest BCUT2D eigenvalue weighted by Gasteiger charge is -2.33. The zero-order valence-corrected chi connectivity index (χ0v) is 14.8. The van der Waals surface area contributed by atoms with Crippen molar-refractivity contribution in [3.05, 3.63) is 35.9 Å². The Balaban J connectivity index is 2.02. The number of imide groups is 1. The molecule has 0 spiro atoms. The fourth-order valence-electron chi connectivity index (χ4n) is 2.69. The monoisotopic (exact) mass is 331 g/mol. The van der Waals surface area contributed by atoms with Gasteiger partial charge in [0, 0.05) is 11.5 Å². The van der Waals surface area contributed by atoms with E-state index in [0.717, 1.165) is 10.5 Å². The van der Waals surface area contributed by atoms with Gasteiger partial charge in [0.15, 0.2) is 0 Å². The lowest BCUT2D eigenvalue weighted by Crippen LogP contribution is -2.50. The predicted octanol–water partition coefficient (Wildman–Crippen LogP) is 1.80. The van der Waals surface area contributed by atoms with Crippen LogP contribution in [0.4, 0.5) is 4.79 Å². The van der Waals surface area contributed by atoms with Crippen molar-refractivity contribution >= 4 is 17.8 Å². The minimum Gasteiger partial charge on any atom is -0.351 e. The fraction of sp³-hybridized carbons (Fsp3) is 0.500. The molecule has 1 aromatic rings. The number of carbonyl (C=O) groups is 3. The molecule has 1 aliphatic rings. The lowest BCUT2D eigenvalue weighted by atomic mass is 9.78. The summed E-state index contributed by atoms with van der Waals surface area (Å²) in [5, 5.41) is 5.47. The van der Waals surface area contributed by atoms with Crippen molar-refractivity contribution in [3.63, 3.8) is 0 Å². The number of nitrogens with one attached hydrogen (secondary N) is 2. The number of hydrogen-bond donors (Lipinski definition) is 2. The molecular formula is C18H25N3O3. The molecular weight excluding hydrogens is 306 g/mol. The van der Waals surface area contributed by atoms with Gasteiger partial charge in [-0.2, -0.15) is 0 Å². The maximum absolute atomic E-state index is 12.3. The Morgan fingerprint density at radius 3 is 2.33 bits per heavy atom. The summed E-state index contributed by atoms with van der Waals surface area (Å²) >= 11 is 0. The van der Waals surface area contributed by atoms with Gasteiger partial charge in [-0.25, -0.2) is 4.79 Å². The quantitative estimate of drug-likeness (QED) is 0.808. The average Bonchev–Trinajstić information content (AvgIpc) is 2.70. The molecule has 2 N–H and O–H groups in total.